The Morgan fingerprint density at radius 2 is 2.00 bits per heavy atom. The lowest BCUT2D eigenvalue weighted by Gasteiger charge is -2.13. The molecule has 0 bridgehead atoms. The van der Waals surface area contributed by atoms with E-state index in [-0.39, 0.29) is 5.91 Å². The van der Waals surface area contributed by atoms with Crippen LogP contribution in [0, 0.1) is 0 Å². The van der Waals surface area contributed by atoms with Crippen LogP contribution in [-0.2, 0) is 6.42 Å². The summed E-state index contributed by atoms with van der Waals surface area (Å²) in [5.74, 6) is 1.47. The minimum absolute atomic E-state index is 0.247. The van der Waals surface area contributed by atoms with Crippen LogP contribution in [0.2, 0.25) is 10.0 Å². The second kappa shape index (κ2) is 9.38. The Kier molecular flexibility index (Phi) is 6.61. The smallest absolute Gasteiger partial charge is 0.256 e. The van der Waals surface area contributed by atoms with E-state index in [0.717, 1.165) is 5.56 Å². The van der Waals surface area contributed by atoms with Crippen molar-refractivity contribution in [2.75, 3.05) is 6.54 Å². The molecule has 0 aliphatic heterocycles. The van der Waals surface area contributed by atoms with Crippen LogP contribution in [0.25, 0.3) is 0 Å². The lowest BCUT2D eigenvalue weighted by molar-refractivity contribution is 0.0951. The fraction of sp³-hybridized carbons (Fsp3) is 0.217. The highest BCUT2D eigenvalue weighted by Crippen LogP contribution is 2.41. The number of rotatable bonds is 7. The van der Waals surface area contributed by atoms with Crippen LogP contribution in [0.5, 0.6) is 11.5 Å². The van der Waals surface area contributed by atoms with Gasteiger partial charge >= 0.3 is 0 Å². The van der Waals surface area contributed by atoms with E-state index >= 15 is 0 Å². The van der Waals surface area contributed by atoms with Crippen molar-refractivity contribution in [2.45, 2.75) is 25.2 Å². The van der Waals surface area contributed by atoms with E-state index in [1.807, 2.05) is 24.3 Å². The number of aromatic nitrogens is 1. The minimum atomic E-state index is -0.247. The average molecular weight is 506 g/mol. The molecule has 0 saturated heterocycles. The standard InChI is InChI=1S/C23H19BrCl2N2O2/c24-19-12-27-13-21(30-18-3-1-2-16(10-18)14-4-5-14)22(19)23(29)28-9-8-15-6-7-17(25)11-20(15)26/h1-3,6-7,10-14H,4-5,8-9H2,(H,28,29). The zero-order valence-corrected chi connectivity index (χ0v) is 19.1. The second-order valence-electron chi connectivity index (χ2n) is 7.18. The molecule has 0 unspecified atom stereocenters. The van der Waals surface area contributed by atoms with E-state index in [9.17, 15) is 4.79 Å². The molecule has 1 aliphatic carbocycles. The van der Waals surface area contributed by atoms with Crippen molar-refractivity contribution < 1.29 is 9.53 Å². The van der Waals surface area contributed by atoms with Gasteiger partial charge in [0.1, 0.15) is 5.75 Å². The van der Waals surface area contributed by atoms with E-state index in [2.05, 4.69) is 32.3 Å². The maximum Gasteiger partial charge on any atom is 0.256 e. The molecule has 0 spiro atoms. The van der Waals surface area contributed by atoms with Gasteiger partial charge in [0.05, 0.1) is 16.2 Å². The van der Waals surface area contributed by atoms with Crippen LogP contribution in [0.4, 0.5) is 0 Å². The molecule has 1 aromatic heterocycles. The van der Waals surface area contributed by atoms with Gasteiger partial charge in [-0.1, -0.05) is 41.4 Å². The number of hydrogen-bond acceptors (Lipinski definition) is 3. The number of hydrogen-bond donors (Lipinski definition) is 1. The fourth-order valence-electron chi connectivity index (χ4n) is 3.21. The first kappa shape index (κ1) is 21.2. The van der Waals surface area contributed by atoms with Crippen molar-refractivity contribution in [2.24, 2.45) is 0 Å². The number of pyridine rings is 1. The first-order chi connectivity index (χ1) is 14.5. The van der Waals surface area contributed by atoms with Crippen molar-refractivity contribution in [1.29, 1.82) is 0 Å². The van der Waals surface area contributed by atoms with Gasteiger partial charge in [0.2, 0.25) is 0 Å². The number of amides is 1. The van der Waals surface area contributed by atoms with Crippen molar-refractivity contribution in [3.8, 4) is 11.5 Å². The van der Waals surface area contributed by atoms with Gasteiger partial charge < -0.3 is 10.1 Å². The SMILES string of the molecule is O=C(NCCc1ccc(Cl)cc1Cl)c1c(Br)cncc1Oc1cccc(C2CC2)c1. The Hall–Kier alpha value is -2.08. The summed E-state index contributed by atoms with van der Waals surface area (Å²) in [7, 11) is 0. The number of benzene rings is 2. The fourth-order valence-corrected chi connectivity index (χ4v) is 4.21. The molecule has 4 rings (SSSR count). The molecule has 1 amide bonds. The van der Waals surface area contributed by atoms with Gasteiger partial charge in [-0.2, -0.15) is 0 Å². The van der Waals surface area contributed by atoms with E-state index in [1.54, 1.807) is 24.5 Å². The third-order valence-electron chi connectivity index (χ3n) is 4.92. The Morgan fingerprint density at radius 3 is 2.77 bits per heavy atom. The molecule has 4 nitrogen and oxygen atoms in total. The lowest BCUT2D eigenvalue weighted by Crippen LogP contribution is -2.26. The molecule has 3 aromatic rings. The third kappa shape index (κ3) is 5.15. The molecule has 1 heterocycles. The molecular formula is C23H19BrCl2N2O2. The predicted octanol–water partition coefficient (Wildman–Crippen LogP) is 6.79. The maximum atomic E-state index is 12.9. The second-order valence-corrected chi connectivity index (χ2v) is 8.88. The molecule has 0 atom stereocenters. The Balaban J connectivity index is 1.46. The lowest BCUT2D eigenvalue weighted by atomic mass is 10.1. The zero-order chi connectivity index (χ0) is 21.1. The van der Waals surface area contributed by atoms with Crippen molar-refractivity contribution in [3.63, 3.8) is 0 Å². The van der Waals surface area contributed by atoms with Crippen LogP contribution >= 0.6 is 39.1 Å². The molecule has 1 aliphatic rings. The maximum absolute atomic E-state index is 12.9. The zero-order valence-electron chi connectivity index (χ0n) is 16.0. The summed E-state index contributed by atoms with van der Waals surface area (Å²) < 4.78 is 6.61. The van der Waals surface area contributed by atoms with Crippen LogP contribution in [0.3, 0.4) is 0 Å². The van der Waals surface area contributed by atoms with E-state index in [0.29, 0.717) is 50.5 Å². The molecule has 154 valence electrons. The van der Waals surface area contributed by atoms with Crippen LogP contribution < -0.4 is 10.1 Å². The number of carbonyl (C=O) groups is 1. The van der Waals surface area contributed by atoms with Crippen LogP contribution in [-0.4, -0.2) is 17.4 Å². The van der Waals surface area contributed by atoms with Crippen LogP contribution in [0.1, 0.15) is 40.2 Å². The van der Waals surface area contributed by atoms with Crippen molar-refractivity contribution >= 4 is 45.0 Å². The molecule has 0 radical (unpaired) electrons. The summed E-state index contributed by atoms with van der Waals surface area (Å²) in [4.78, 5) is 17.0. The van der Waals surface area contributed by atoms with E-state index < -0.39 is 0 Å². The topological polar surface area (TPSA) is 51.2 Å². The van der Waals surface area contributed by atoms with E-state index in [1.165, 1.54) is 18.4 Å². The molecule has 1 saturated carbocycles. The normalized spacial score (nSPS) is 13.2. The largest absolute Gasteiger partial charge is 0.455 e. The summed E-state index contributed by atoms with van der Waals surface area (Å²) in [5.41, 5.74) is 2.59. The van der Waals surface area contributed by atoms with Gasteiger partial charge in [-0.05, 0) is 76.5 Å². The highest BCUT2D eigenvalue weighted by Gasteiger charge is 2.24. The van der Waals surface area contributed by atoms with Crippen LogP contribution in [0.15, 0.2) is 59.3 Å². The predicted molar refractivity (Wildman–Crippen MR) is 123 cm³/mol. The van der Waals surface area contributed by atoms with Gasteiger partial charge in [0.15, 0.2) is 5.75 Å². The molecule has 30 heavy (non-hydrogen) atoms. The van der Waals surface area contributed by atoms with Crippen molar-refractivity contribution in [3.05, 3.63) is 86.1 Å². The molecular weight excluding hydrogens is 487 g/mol. The quantitative estimate of drug-likeness (QED) is 0.384. The van der Waals surface area contributed by atoms with Gasteiger partial charge in [-0.25, -0.2) is 0 Å². The van der Waals surface area contributed by atoms with Gasteiger partial charge in [-0.3, -0.25) is 9.78 Å². The van der Waals surface area contributed by atoms with Crippen molar-refractivity contribution in [1.82, 2.24) is 10.3 Å². The first-order valence-electron chi connectivity index (χ1n) is 9.64. The number of carbonyl (C=O) groups excluding carboxylic acids is 1. The van der Waals surface area contributed by atoms with Gasteiger partial charge in [0, 0.05) is 22.8 Å². The minimum Gasteiger partial charge on any atom is -0.455 e. The number of halogens is 3. The molecule has 1 fully saturated rings. The molecule has 2 aromatic carbocycles. The summed E-state index contributed by atoms with van der Waals surface area (Å²) in [5, 5.41) is 4.10. The highest BCUT2D eigenvalue weighted by atomic mass is 79.9. The number of ether oxygens (including phenoxy) is 1. The molecule has 1 N–H and O–H groups in total. The summed E-state index contributed by atoms with van der Waals surface area (Å²) in [6.07, 6.45) is 6.16. The Bertz CT molecular complexity index is 1090. The van der Waals surface area contributed by atoms with Gasteiger partial charge in [0.25, 0.3) is 5.91 Å². The summed E-state index contributed by atoms with van der Waals surface area (Å²) >= 11 is 15.6. The Morgan fingerprint density at radius 1 is 1.17 bits per heavy atom. The summed E-state index contributed by atoms with van der Waals surface area (Å²) in [6.45, 7) is 0.422. The number of nitrogens with zero attached hydrogens (tertiary/aromatic N) is 1. The average Bonchev–Trinajstić information content (AvgIpc) is 3.55. The van der Waals surface area contributed by atoms with Gasteiger partial charge in [-0.15, -0.1) is 0 Å². The monoisotopic (exact) mass is 504 g/mol. The van der Waals surface area contributed by atoms with E-state index in [4.69, 9.17) is 27.9 Å². The first-order valence-corrected chi connectivity index (χ1v) is 11.2. The number of nitrogens with one attached hydrogen (secondary N) is 1. The molecule has 7 heteroatoms. The summed E-state index contributed by atoms with van der Waals surface area (Å²) in [6, 6.07) is 13.3. The third-order valence-corrected chi connectivity index (χ3v) is 6.11. The Labute approximate surface area is 193 Å². The highest BCUT2D eigenvalue weighted by molar-refractivity contribution is 9.10.